The number of hydrogen-bond acceptors (Lipinski definition) is 6. The van der Waals surface area contributed by atoms with Gasteiger partial charge in [0.15, 0.2) is 6.61 Å². The molecule has 3 rings (SSSR count). The van der Waals surface area contributed by atoms with Gasteiger partial charge in [0.25, 0.3) is 11.6 Å². The van der Waals surface area contributed by atoms with Gasteiger partial charge < -0.3 is 10.1 Å². The highest BCUT2D eigenvalue weighted by molar-refractivity contribution is 7.10. The van der Waals surface area contributed by atoms with Crippen LogP contribution in [0.1, 0.15) is 10.4 Å². The first-order valence-corrected chi connectivity index (χ1v) is 8.35. The van der Waals surface area contributed by atoms with Gasteiger partial charge in [-0.05, 0) is 30.0 Å². The molecule has 2 amide bonds. The SMILES string of the molecule is Cc1ccsc1CNC(=O)CN1C(=O)COc2ccc([N+](=O)[O-])cc21. The summed E-state index contributed by atoms with van der Waals surface area (Å²) in [5.74, 6) is -0.428. The molecule has 1 aromatic carbocycles. The second-order valence-corrected chi connectivity index (χ2v) is 6.48. The third-order valence-corrected chi connectivity index (χ3v) is 4.84. The van der Waals surface area contributed by atoms with Crippen molar-refractivity contribution in [3.63, 3.8) is 0 Å². The van der Waals surface area contributed by atoms with E-state index in [1.165, 1.54) is 23.1 Å². The van der Waals surface area contributed by atoms with Crippen LogP contribution in [-0.4, -0.2) is 29.9 Å². The molecule has 0 saturated carbocycles. The van der Waals surface area contributed by atoms with Gasteiger partial charge in [0.2, 0.25) is 5.91 Å². The summed E-state index contributed by atoms with van der Waals surface area (Å²) in [6.45, 7) is 1.91. The summed E-state index contributed by atoms with van der Waals surface area (Å²) in [4.78, 5) is 37.0. The van der Waals surface area contributed by atoms with Crippen LogP contribution in [0.4, 0.5) is 11.4 Å². The van der Waals surface area contributed by atoms with Gasteiger partial charge in [-0.3, -0.25) is 24.6 Å². The topological polar surface area (TPSA) is 102 Å². The van der Waals surface area contributed by atoms with Crippen LogP contribution in [0.2, 0.25) is 0 Å². The van der Waals surface area contributed by atoms with Crippen molar-refractivity contribution in [3.05, 3.63) is 50.2 Å². The number of anilines is 1. The normalized spacial score (nSPS) is 13.2. The first kappa shape index (κ1) is 16.9. The Morgan fingerprint density at radius 1 is 1.44 bits per heavy atom. The molecule has 0 radical (unpaired) electrons. The van der Waals surface area contributed by atoms with Crippen LogP contribution in [0.5, 0.6) is 5.75 Å². The van der Waals surface area contributed by atoms with E-state index in [-0.39, 0.29) is 30.4 Å². The van der Waals surface area contributed by atoms with Crippen molar-refractivity contribution in [2.24, 2.45) is 0 Å². The molecular weight excluding hydrogens is 346 g/mol. The van der Waals surface area contributed by atoms with Gasteiger partial charge in [-0.2, -0.15) is 0 Å². The fourth-order valence-electron chi connectivity index (χ4n) is 2.44. The van der Waals surface area contributed by atoms with E-state index in [0.29, 0.717) is 12.3 Å². The fraction of sp³-hybridized carbons (Fsp3) is 0.250. The average molecular weight is 361 g/mol. The van der Waals surface area contributed by atoms with Crippen molar-refractivity contribution >= 4 is 34.5 Å². The number of benzene rings is 1. The predicted octanol–water partition coefficient (Wildman–Crippen LogP) is 2.01. The van der Waals surface area contributed by atoms with E-state index >= 15 is 0 Å². The molecule has 0 fully saturated rings. The Hall–Kier alpha value is -2.94. The maximum atomic E-state index is 12.2. The van der Waals surface area contributed by atoms with Crippen LogP contribution < -0.4 is 15.0 Å². The van der Waals surface area contributed by atoms with E-state index in [1.54, 1.807) is 11.3 Å². The molecule has 0 unspecified atom stereocenters. The number of ether oxygens (including phenoxy) is 1. The molecule has 0 aliphatic carbocycles. The summed E-state index contributed by atoms with van der Waals surface area (Å²) in [7, 11) is 0. The van der Waals surface area contributed by atoms with Crippen LogP contribution in [-0.2, 0) is 16.1 Å². The van der Waals surface area contributed by atoms with Gasteiger partial charge >= 0.3 is 0 Å². The van der Waals surface area contributed by atoms with Gasteiger partial charge in [0.1, 0.15) is 12.3 Å². The van der Waals surface area contributed by atoms with Gasteiger partial charge in [-0.1, -0.05) is 0 Å². The molecule has 1 N–H and O–H groups in total. The van der Waals surface area contributed by atoms with Gasteiger partial charge in [0, 0.05) is 17.0 Å². The number of nitrogens with one attached hydrogen (secondary N) is 1. The van der Waals surface area contributed by atoms with Crippen molar-refractivity contribution in [2.75, 3.05) is 18.1 Å². The summed E-state index contributed by atoms with van der Waals surface area (Å²) in [5.41, 5.74) is 1.15. The summed E-state index contributed by atoms with van der Waals surface area (Å²) in [5, 5.41) is 15.7. The van der Waals surface area contributed by atoms with Crippen molar-refractivity contribution in [3.8, 4) is 5.75 Å². The van der Waals surface area contributed by atoms with Crippen molar-refractivity contribution in [1.82, 2.24) is 5.32 Å². The lowest BCUT2D eigenvalue weighted by Crippen LogP contribution is -2.45. The maximum Gasteiger partial charge on any atom is 0.271 e. The highest BCUT2D eigenvalue weighted by Gasteiger charge is 2.29. The quantitative estimate of drug-likeness (QED) is 0.648. The summed E-state index contributed by atoms with van der Waals surface area (Å²) >= 11 is 1.54. The minimum absolute atomic E-state index is 0.170. The highest BCUT2D eigenvalue weighted by atomic mass is 32.1. The number of nitro benzene ring substituents is 1. The van der Waals surface area contributed by atoms with E-state index < -0.39 is 10.8 Å². The second-order valence-electron chi connectivity index (χ2n) is 5.48. The lowest BCUT2D eigenvalue weighted by atomic mass is 10.2. The minimum Gasteiger partial charge on any atom is -0.482 e. The highest BCUT2D eigenvalue weighted by Crippen LogP contribution is 2.35. The van der Waals surface area contributed by atoms with Crippen LogP contribution >= 0.6 is 11.3 Å². The first-order chi connectivity index (χ1) is 12.0. The van der Waals surface area contributed by atoms with Crippen LogP contribution in [0.3, 0.4) is 0 Å². The monoisotopic (exact) mass is 361 g/mol. The Bertz CT molecular complexity index is 848. The Kier molecular flexibility index (Phi) is 4.66. The Balaban J connectivity index is 1.74. The number of hydrogen-bond donors (Lipinski definition) is 1. The summed E-state index contributed by atoms with van der Waals surface area (Å²) < 4.78 is 5.27. The number of nitro groups is 1. The van der Waals surface area contributed by atoms with E-state index in [9.17, 15) is 19.7 Å². The zero-order valence-corrected chi connectivity index (χ0v) is 14.2. The van der Waals surface area contributed by atoms with E-state index in [0.717, 1.165) is 10.4 Å². The molecule has 1 aliphatic heterocycles. The third kappa shape index (κ3) is 3.61. The van der Waals surface area contributed by atoms with E-state index in [1.807, 2.05) is 18.4 Å². The molecule has 2 aromatic rings. The van der Waals surface area contributed by atoms with Crippen LogP contribution in [0, 0.1) is 17.0 Å². The molecule has 25 heavy (non-hydrogen) atoms. The molecule has 0 bridgehead atoms. The number of rotatable bonds is 5. The number of fused-ring (bicyclic) bond motifs is 1. The predicted molar refractivity (Wildman–Crippen MR) is 91.8 cm³/mol. The molecular formula is C16H15N3O5S. The third-order valence-electron chi connectivity index (χ3n) is 3.81. The number of thiophene rings is 1. The lowest BCUT2D eigenvalue weighted by molar-refractivity contribution is -0.384. The molecule has 130 valence electrons. The second kappa shape index (κ2) is 6.89. The molecule has 0 spiro atoms. The van der Waals surface area contributed by atoms with Gasteiger partial charge in [-0.25, -0.2) is 0 Å². The van der Waals surface area contributed by atoms with Crippen molar-refractivity contribution in [1.29, 1.82) is 0 Å². The standard InChI is InChI=1S/C16H15N3O5S/c1-10-4-5-25-14(10)7-17-15(20)8-18-12-6-11(19(22)23)2-3-13(12)24-9-16(18)21/h2-6H,7-9H2,1H3,(H,17,20). The summed E-state index contributed by atoms with van der Waals surface area (Å²) in [6.07, 6.45) is 0. The van der Waals surface area contributed by atoms with Crippen molar-refractivity contribution in [2.45, 2.75) is 13.5 Å². The summed E-state index contributed by atoms with van der Waals surface area (Å²) in [6, 6.07) is 5.93. The lowest BCUT2D eigenvalue weighted by Gasteiger charge is -2.28. The first-order valence-electron chi connectivity index (χ1n) is 7.47. The Morgan fingerprint density at radius 2 is 2.24 bits per heavy atom. The van der Waals surface area contributed by atoms with Crippen LogP contribution in [0.15, 0.2) is 29.6 Å². The molecule has 0 atom stereocenters. The Morgan fingerprint density at radius 3 is 2.92 bits per heavy atom. The number of carbonyl (C=O) groups excluding carboxylic acids is 2. The molecule has 2 heterocycles. The number of non-ortho nitro benzene ring substituents is 1. The fourth-order valence-corrected chi connectivity index (χ4v) is 3.29. The molecule has 0 saturated heterocycles. The zero-order valence-electron chi connectivity index (χ0n) is 13.4. The van der Waals surface area contributed by atoms with Gasteiger partial charge in [-0.15, -0.1) is 11.3 Å². The number of carbonyl (C=O) groups is 2. The molecule has 9 heteroatoms. The van der Waals surface area contributed by atoms with E-state index in [2.05, 4.69) is 5.32 Å². The molecule has 1 aromatic heterocycles. The molecule has 8 nitrogen and oxygen atoms in total. The number of amides is 2. The van der Waals surface area contributed by atoms with Gasteiger partial charge in [0.05, 0.1) is 17.2 Å². The Labute approximate surface area is 147 Å². The maximum absolute atomic E-state index is 12.2. The smallest absolute Gasteiger partial charge is 0.271 e. The van der Waals surface area contributed by atoms with Crippen molar-refractivity contribution < 1.29 is 19.2 Å². The van der Waals surface area contributed by atoms with Crippen LogP contribution in [0.25, 0.3) is 0 Å². The average Bonchev–Trinajstić information content (AvgIpc) is 3.00. The number of aryl methyl sites for hydroxylation is 1. The number of nitrogens with zero attached hydrogens (tertiary/aromatic N) is 2. The molecule has 1 aliphatic rings. The minimum atomic E-state index is -0.558. The largest absolute Gasteiger partial charge is 0.482 e. The zero-order chi connectivity index (χ0) is 18.0. The van der Waals surface area contributed by atoms with E-state index in [4.69, 9.17) is 4.74 Å².